The highest BCUT2D eigenvalue weighted by atomic mass is 16.4. The van der Waals surface area contributed by atoms with Crippen LogP contribution in [-0.4, -0.2) is 81.6 Å². The van der Waals surface area contributed by atoms with E-state index in [1.165, 1.54) is 25.7 Å². The minimum Gasteiger partial charge on any atom is -0.394 e. The van der Waals surface area contributed by atoms with E-state index in [9.17, 15) is 20.4 Å². The van der Waals surface area contributed by atoms with Crippen molar-refractivity contribution in [3.63, 3.8) is 0 Å². The van der Waals surface area contributed by atoms with Crippen LogP contribution >= 0.6 is 0 Å². The fourth-order valence-corrected chi connectivity index (χ4v) is 3.22. The van der Waals surface area contributed by atoms with E-state index in [1.54, 1.807) is 0 Å². The molecule has 6 heteroatoms. The van der Waals surface area contributed by atoms with E-state index in [1.807, 2.05) is 11.9 Å². The molecule has 0 aromatic heterocycles. The molecule has 24 heavy (non-hydrogen) atoms. The first-order valence-corrected chi connectivity index (χ1v) is 9.28. The molecule has 0 rings (SSSR count). The summed E-state index contributed by atoms with van der Waals surface area (Å²) >= 11 is 0. The zero-order valence-corrected chi connectivity index (χ0v) is 15.8. The van der Waals surface area contributed by atoms with Crippen LogP contribution in [0.5, 0.6) is 0 Å². The third-order valence-electron chi connectivity index (χ3n) is 4.73. The van der Waals surface area contributed by atoms with Crippen molar-refractivity contribution in [1.29, 1.82) is 0 Å². The van der Waals surface area contributed by atoms with Gasteiger partial charge in [0.05, 0.1) is 12.7 Å². The second-order valence-electron chi connectivity index (χ2n) is 7.28. The quantitative estimate of drug-likeness (QED) is 0.315. The van der Waals surface area contributed by atoms with Crippen LogP contribution in [0.1, 0.15) is 52.9 Å². The summed E-state index contributed by atoms with van der Waals surface area (Å²) in [5.41, 5.74) is 0. The molecule has 0 radical (unpaired) electrons. The van der Waals surface area contributed by atoms with Crippen LogP contribution in [0.15, 0.2) is 0 Å². The molecule has 6 nitrogen and oxygen atoms in total. The molecule has 0 bridgehead atoms. The number of unbranched alkanes of at least 4 members (excludes halogenated alkanes) is 1. The van der Waals surface area contributed by atoms with Crippen LogP contribution in [0.2, 0.25) is 0 Å². The number of aliphatic hydroxyl groups is 5. The van der Waals surface area contributed by atoms with Gasteiger partial charge in [0.1, 0.15) is 18.3 Å². The molecule has 0 aromatic rings. The second kappa shape index (κ2) is 13.0. The van der Waals surface area contributed by atoms with Crippen LogP contribution in [0.4, 0.5) is 0 Å². The average molecular weight is 350 g/mol. The minimum atomic E-state index is -1.56. The van der Waals surface area contributed by atoms with E-state index >= 15 is 0 Å². The Morgan fingerprint density at radius 3 is 2.00 bits per heavy atom. The molecule has 0 aliphatic rings. The lowest BCUT2D eigenvalue weighted by Crippen LogP contribution is -2.49. The third kappa shape index (κ3) is 9.30. The van der Waals surface area contributed by atoms with Gasteiger partial charge in [0.2, 0.25) is 0 Å². The van der Waals surface area contributed by atoms with Gasteiger partial charge in [0, 0.05) is 13.1 Å². The molecule has 0 aliphatic heterocycles. The predicted octanol–water partition coefficient (Wildman–Crippen LogP) is 0.597. The Morgan fingerprint density at radius 2 is 1.50 bits per heavy atom. The molecule has 5 N–H and O–H groups in total. The van der Waals surface area contributed by atoms with Crippen molar-refractivity contribution in [2.75, 3.05) is 26.7 Å². The second-order valence-corrected chi connectivity index (χ2v) is 7.28. The van der Waals surface area contributed by atoms with Crippen LogP contribution in [0, 0.1) is 11.8 Å². The maximum absolute atomic E-state index is 10.0. The molecule has 0 spiro atoms. The molecule has 0 saturated heterocycles. The standard InChI is InChI=1S/C18H39NO5/c1-5-7-8-14(6-2)9-13(3)10-19(4)11-15(21)17(23)18(24)16(22)12-20/h13-18,20-24H,5-12H2,1-4H3/t13?,14?,15-,16+,17+,18+/m0/s1. The van der Waals surface area contributed by atoms with Crippen LogP contribution in [-0.2, 0) is 0 Å². The van der Waals surface area contributed by atoms with Gasteiger partial charge in [0.15, 0.2) is 0 Å². The Morgan fingerprint density at radius 1 is 0.917 bits per heavy atom. The van der Waals surface area contributed by atoms with Crippen molar-refractivity contribution in [3.05, 3.63) is 0 Å². The molecule has 0 saturated carbocycles. The van der Waals surface area contributed by atoms with E-state index in [0.29, 0.717) is 5.92 Å². The fraction of sp³-hybridized carbons (Fsp3) is 1.00. The lowest BCUT2D eigenvalue weighted by molar-refractivity contribution is -0.118. The lowest BCUT2D eigenvalue weighted by atomic mass is 9.89. The Bertz CT molecular complexity index is 305. The summed E-state index contributed by atoms with van der Waals surface area (Å²) in [6, 6.07) is 0. The van der Waals surface area contributed by atoms with Crippen molar-refractivity contribution in [3.8, 4) is 0 Å². The van der Waals surface area contributed by atoms with Gasteiger partial charge in [-0.3, -0.25) is 0 Å². The predicted molar refractivity (Wildman–Crippen MR) is 95.7 cm³/mol. The molecule has 0 amide bonds. The minimum absolute atomic E-state index is 0.201. The number of rotatable bonds is 14. The van der Waals surface area contributed by atoms with Crippen molar-refractivity contribution in [2.24, 2.45) is 11.8 Å². The maximum Gasteiger partial charge on any atom is 0.111 e. The summed E-state index contributed by atoms with van der Waals surface area (Å²) in [6.07, 6.45) is 0.378. The third-order valence-corrected chi connectivity index (χ3v) is 4.73. The van der Waals surface area contributed by atoms with Crippen molar-refractivity contribution in [1.82, 2.24) is 4.90 Å². The van der Waals surface area contributed by atoms with Gasteiger partial charge in [-0.15, -0.1) is 0 Å². The van der Waals surface area contributed by atoms with Crippen LogP contribution < -0.4 is 0 Å². The Balaban J connectivity index is 4.28. The highest BCUT2D eigenvalue weighted by Gasteiger charge is 2.30. The maximum atomic E-state index is 10.0. The van der Waals surface area contributed by atoms with Crippen molar-refractivity contribution >= 4 is 0 Å². The average Bonchev–Trinajstić information content (AvgIpc) is 2.55. The Hall–Kier alpha value is -0.240. The summed E-state index contributed by atoms with van der Waals surface area (Å²) in [5.74, 6) is 1.21. The summed E-state index contributed by atoms with van der Waals surface area (Å²) < 4.78 is 0. The Kier molecular flexibility index (Phi) is 12.9. The van der Waals surface area contributed by atoms with E-state index in [-0.39, 0.29) is 6.54 Å². The number of hydrogen-bond donors (Lipinski definition) is 5. The van der Waals surface area contributed by atoms with Crippen molar-refractivity contribution in [2.45, 2.75) is 77.3 Å². The smallest absolute Gasteiger partial charge is 0.111 e. The highest BCUT2D eigenvalue weighted by molar-refractivity contribution is 4.82. The molecular weight excluding hydrogens is 310 g/mol. The number of nitrogens with zero attached hydrogens (tertiary/aromatic N) is 1. The SMILES string of the molecule is CCCCC(CC)CC(C)CN(C)C[C@H](O)[C@@H](O)[C@H](O)[C@H](O)CO. The van der Waals surface area contributed by atoms with Gasteiger partial charge in [-0.2, -0.15) is 0 Å². The van der Waals surface area contributed by atoms with Gasteiger partial charge in [0.25, 0.3) is 0 Å². The zero-order valence-electron chi connectivity index (χ0n) is 15.8. The van der Waals surface area contributed by atoms with E-state index in [2.05, 4.69) is 20.8 Å². The lowest BCUT2D eigenvalue weighted by Gasteiger charge is -2.30. The normalized spacial score (nSPS) is 19.8. The van der Waals surface area contributed by atoms with Gasteiger partial charge < -0.3 is 30.4 Å². The monoisotopic (exact) mass is 349 g/mol. The van der Waals surface area contributed by atoms with Crippen LogP contribution in [0.25, 0.3) is 0 Å². The zero-order chi connectivity index (χ0) is 18.7. The summed E-state index contributed by atoms with van der Waals surface area (Å²) in [6.45, 7) is 6.97. The van der Waals surface area contributed by atoms with Gasteiger partial charge >= 0.3 is 0 Å². The Labute approximate surface area is 147 Å². The molecule has 6 atom stereocenters. The summed E-state index contributed by atoms with van der Waals surface area (Å²) in [4.78, 5) is 1.93. The largest absolute Gasteiger partial charge is 0.394 e. The van der Waals surface area contributed by atoms with Gasteiger partial charge in [-0.25, -0.2) is 0 Å². The van der Waals surface area contributed by atoms with E-state index < -0.39 is 31.0 Å². The molecule has 0 aromatic carbocycles. The van der Waals surface area contributed by atoms with Gasteiger partial charge in [-0.05, 0) is 25.3 Å². The number of hydrogen-bond acceptors (Lipinski definition) is 6. The first kappa shape index (κ1) is 23.8. The summed E-state index contributed by atoms with van der Waals surface area (Å²) in [5, 5.41) is 47.6. The van der Waals surface area contributed by atoms with E-state index in [0.717, 1.165) is 18.9 Å². The molecule has 0 fully saturated rings. The van der Waals surface area contributed by atoms with Gasteiger partial charge in [-0.1, -0.05) is 46.5 Å². The molecule has 2 unspecified atom stereocenters. The fourth-order valence-electron chi connectivity index (χ4n) is 3.22. The summed E-state index contributed by atoms with van der Waals surface area (Å²) in [7, 11) is 1.87. The van der Waals surface area contributed by atoms with E-state index in [4.69, 9.17) is 5.11 Å². The molecule has 146 valence electrons. The first-order chi connectivity index (χ1) is 11.3. The number of likely N-dealkylation sites (N-methyl/N-ethyl adjacent to an activating group) is 1. The number of aliphatic hydroxyl groups excluding tert-OH is 5. The van der Waals surface area contributed by atoms with Crippen LogP contribution in [0.3, 0.4) is 0 Å². The first-order valence-electron chi connectivity index (χ1n) is 9.28. The topological polar surface area (TPSA) is 104 Å². The molecular formula is C18H39NO5. The molecule has 0 heterocycles. The molecule has 0 aliphatic carbocycles. The van der Waals surface area contributed by atoms with Crippen molar-refractivity contribution < 1.29 is 25.5 Å². The highest BCUT2D eigenvalue weighted by Crippen LogP contribution is 2.22.